The van der Waals surface area contributed by atoms with E-state index in [1.807, 2.05) is 0 Å². The molecule has 0 aromatic heterocycles. The Morgan fingerprint density at radius 3 is 1.70 bits per heavy atom. The minimum absolute atomic E-state index is 0.0896. The zero-order chi connectivity index (χ0) is 57.8. The van der Waals surface area contributed by atoms with E-state index in [0.29, 0.717) is 48.3 Å². The van der Waals surface area contributed by atoms with Gasteiger partial charge >= 0.3 is 23.9 Å². The number of benzene rings is 4. The molecule has 0 bridgehead atoms. The summed E-state index contributed by atoms with van der Waals surface area (Å²) in [6, 6.07) is 32.8. The second kappa shape index (κ2) is 23.6. The van der Waals surface area contributed by atoms with Gasteiger partial charge in [-0.1, -0.05) is 112 Å². The van der Waals surface area contributed by atoms with Crippen LogP contribution in [0.15, 0.2) is 133 Å². The van der Waals surface area contributed by atoms with Crippen molar-refractivity contribution in [2.75, 3.05) is 13.2 Å². The minimum Gasteiger partial charge on any atom is -0.453 e. The standard InChI is InChI=1S/C67H78O16/c1-38-28-33-67(74-37-38)39(2)52-50(83-67)35-49-47-27-26-45-34-46(29-31-65(45,4)48(47)30-32-66(49,52)5)76-64-57(55(53(69)51(36-68)77-64)79-60(71)42-20-12-7-13-21-42)82-63-58(81-62(73)44-24-16-9-17-25-44)56(80-61(72)43-22-14-8-15-23-43)54(40(3)75-63)78-59(70)41-18-10-6-11-19-41/h6-26,38-40,46-58,63-64,68-69H,27-37H2,1-5H3/t38-,39+,40?,46+,47-,48+,49+,50+,51?,52+,53-,54?,55?,56?,57?,58?,63?,64-,65+,66+,67-/m1/s1. The van der Waals surface area contributed by atoms with Gasteiger partial charge in [-0.05, 0) is 147 Å². The molecule has 8 aliphatic rings. The number of carbonyl (C=O) groups excluding carboxylic acids is 4. The van der Waals surface area contributed by atoms with Crippen LogP contribution in [0, 0.1) is 46.3 Å². The molecule has 12 rings (SSSR count). The lowest BCUT2D eigenvalue weighted by atomic mass is 9.47. The summed E-state index contributed by atoms with van der Waals surface area (Å²) in [7, 11) is 0. The molecule has 4 heterocycles. The Labute approximate surface area is 485 Å². The van der Waals surface area contributed by atoms with E-state index < -0.39 is 104 Å². The molecule has 4 aliphatic heterocycles. The molecular formula is C67H78O16. The number of hydrogen-bond donors (Lipinski definition) is 2. The molecule has 8 unspecified atom stereocenters. The summed E-state index contributed by atoms with van der Waals surface area (Å²) >= 11 is 0. The van der Waals surface area contributed by atoms with Crippen LogP contribution in [0.1, 0.15) is 134 Å². The Kier molecular flexibility index (Phi) is 16.4. The van der Waals surface area contributed by atoms with Crippen LogP contribution < -0.4 is 0 Å². The van der Waals surface area contributed by atoms with Crippen molar-refractivity contribution < 1.29 is 76.8 Å². The highest BCUT2D eigenvalue weighted by Crippen LogP contribution is 2.71. The minimum atomic E-state index is -1.70. The van der Waals surface area contributed by atoms with E-state index >= 15 is 0 Å². The zero-order valence-corrected chi connectivity index (χ0v) is 47.9. The number of esters is 4. The quantitative estimate of drug-likeness (QED) is 0.0727. The predicted molar refractivity (Wildman–Crippen MR) is 300 cm³/mol. The molecule has 4 saturated heterocycles. The molecule has 16 heteroatoms. The van der Waals surface area contributed by atoms with Gasteiger partial charge in [0.1, 0.15) is 12.2 Å². The van der Waals surface area contributed by atoms with Gasteiger partial charge in [-0.15, -0.1) is 0 Å². The molecule has 16 nitrogen and oxygen atoms in total. The van der Waals surface area contributed by atoms with Crippen molar-refractivity contribution in [3.05, 3.63) is 155 Å². The number of hydrogen-bond acceptors (Lipinski definition) is 16. The summed E-state index contributed by atoms with van der Waals surface area (Å²) in [5.74, 6) is -0.899. The average Bonchev–Trinajstić information content (AvgIpc) is 4.00. The summed E-state index contributed by atoms with van der Waals surface area (Å²) in [6.07, 6.45) is -4.52. The average molecular weight is 1140 g/mol. The Morgan fingerprint density at radius 1 is 0.602 bits per heavy atom. The second-order valence-electron chi connectivity index (χ2n) is 25.2. The van der Waals surface area contributed by atoms with Crippen LogP contribution in [-0.4, -0.2) is 127 Å². The summed E-state index contributed by atoms with van der Waals surface area (Å²) in [6.45, 7) is 11.3. The number of aliphatic hydroxyl groups excluding tert-OH is 2. The Morgan fingerprint density at radius 2 is 1.14 bits per heavy atom. The third-order valence-corrected chi connectivity index (χ3v) is 20.5. The number of aliphatic hydroxyl groups is 2. The van der Waals surface area contributed by atoms with Crippen LogP contribution in [0.25, 0.3) is 0 Å². The molecule has 0 radical (unpaired) electrons. The fraction of sp³-hybridized carbons (Fsp3) is 0.552. The number of carbonyl (C=O) groups is 4. The second-order valence-corrected chi connectivity index (χ2v) is 25.2. The van der Waals surface area contributed by atoms with Crippen LogP contribution >= 0.6 is 0 Å². The predicted octanol–water partition coefficient (Wildman–Crippen LogP) is 9.85. The van der Waals surface area contributed by atoms with E-state index in [1.165, 1.54) is 5.57 Å². The lowest BCUT2D eigenvalue weighted by Gasteiger charge is -2.58. The fourth-order valence-electron chi connectivity index (χ4n) is 16.1. The molecule has 1 spiro atoms. The van der Waals surface area contributed by atoms with Crippen LogP contribution in [0.5, 0.6) is 0 Å². The number of allylic oxidation sites excluding steroid dienone is 1. The van der Waals surface area contributed by atoms with E-state index in [2.05, 4.69) is 33.8 Å². The molecule has 21 atom stereocenters. The van der Waals surface area contributed by atoms with Crippen molar-refractivity contribution >= 4 is 23.9 Å². The largest absolute Gasteiger partial charge is 0.453 e. The first-order valence-electron chi connectivity index (χ1n) is 30.0. The van der Waals surface area contributed by atoms with Crippen LogP contribution in [0.2, 0.25) is 0 Å². The van der Waals surface area contributed by atoms with Crippen molar-refractivity contribution in [2.24, 2.45) is 46.3 Å². The first kappa shape index (κ1) is 57.6. The van der Waals surface area contributed by atoms with Gasteiger partial charge in [-0.2, -0.15) is 0 Å². The van der Waals surface area contributed by atoms with Gasteiger partial charge < -0.3 is 57.6 Å². The molecule has 7 fully saturated rings. The zero-order valence-electron chi connectivity index (χ0n) is 47.9. The van der Waals surface area contributed by atoms with E-state index in [0.717, 1.165) is 51.6 Å². The van der Waals surface area contributed by atoms with Crippen molar-refractivity contribution in [3.63, 3.8) is 0 Å². The van der Waals surface area contributed by atoms with Gasteiger partial charge in [0.2, 0.25) is 0 Å². The SMILES string of the molecule is CC1OC(OC2C(OC(=O)c3ccccc3)[C@H](O)C(CO)O[C@H]2O[C@H]2CC[C@@]3(C)C(=CC[C@H]4[C@@H]5C[C@@H]6O[C@]7(CC[C@@H](C)CO7)[C@@H](C)[C@@H]6[C@@]5(C)CC[C@@H]43)C2)C(OC(=O)c2ccccc2)C(OC(=O)c2ccccc2)C1OC(=O)c1ccccc1. The van der Waals surface area contributed by atoms with Crippen molar-refractivity contribution in [3.8, 4) is 0 Å². The summed E-state index contributed by atoms with van der Waals surface area (Å²) < 4.78 is 65.8. The lowest BCUT2D eigenvalue weighted by Crippen LogP contribution is -2.66. The Bertz CT molecular complexity index is 2970. The van der Waals surface area contributed by atoms with E-state index in [9.17, 15) is 29.4 Å². The highest BCUT2D eigenvalue weighted by atomic mass is 16.8. The van der Waals surface area contributed by atoms with Crippen molar-refractivity contribution in [1.29, 1.82) is 0 Å². The Balaban J connectivity index is 0.853. The van der Waals surface area contributed by atoms with Gasteiger partial charge in [-0.25, -0.2) is 19.2 Å². The van der Waals surface area contributed by atoms with Crippen LogP contribution in [0.3, 0.4) is 0 Å². The van der Waals surface area contributed by atoms with Gasteiger partial charge in [0, 0.05) is 12.3 Å². The van der Waals surface area contributed by atoms with E-state index in [4.69, 9.17) is 47.4 Å². The number of ether oxygens (including phenoxy) is 10. The maximum Gasteiger partial charge on any atom is 0.338 e. The smallest absolute Gasteiger partial charge is 0.338 e. The molecule has 4 aromatic rings. The first-order valence-corrected chi connectivity index (χ1v) is 30.0. The van der Waals surface area contributed by atoms with Gasteiger partial charge in [0.25, 0.3) is 0 Å². The molecule has 83 heavy (non-hydrogen) atoms. The van der Waals surface area contributed by atoms with E-state index in [-0.39, 0.29) is 39.2 Å². The van der Waals surface area contributed by atoms with Crippen molar-refractivity contribution in [2.45, 2.75) is 172 Å². The number of rotatable bonds is 13. The van der Waals surface area contributed by atoms with Crippen molar-refractivity contribution in [1.82, 2.24) is 0 Å². The number of fused-ring (bicyclic) bond motifs is 7. The summed E-state index contributed by atoms with van der Waals surface area (Å²) in [5, 5.41) is 23.0. The highest BCUT2D eigenvalue weighted by Gasteiger charge is 2.69. The first-order chi connectivity index (χ1) is 40.1. The molecule has 0 amide bonds. The Hall–Kier alpha value is -5.82. The fourth-order valence-corrected chi connectivity index (χ4v) is 16.1. The lowest BCUT2D eigenvalue weighted by molar-refractivity contribution is -0.367. The molecule has 2 N–H and O–H groups in total. The van der Waals surface area contributed by atoms with E-state index in [1.54, 1.807) is 128 Å². The van der Waals surface area contributed by atoms with Gasteiger partial charge in [0.15, 0.2) is 48.9 Å². The topological polar surface area (TPSA) is 201 Å². The van der Waals surface area contributed by atoms with Gasteiger partial charge in [-0.3, -0.25) is 0 Å². The van der Waals surface area contributed by atoms with Gasteiger partial charge in [0.05, 0.1) is 53.8 Å². The molecule has 4 aliphatic carbocycles. The summed E-state index contributed by atoms with van der Waals surface area (Å²) in [5.41, 5.74) is 2.05. The monoisotopic (exact) mass is 1140 g/mol. The normalized spacial score (nSPS) is 39.9. The molecule has 442 valence electrons. The summed E-state index contributed by atoms with van der Waals surface area (Å²) in [4.78, 5) is 56.7. The third-order valence-electron chi connectivity index (χ3n) is 20.5. The van der Waals surface area contributed by atoms with Crippen LogP contribution in [-0.2, 0) is 47.4 Å². The maximum absolute atomic E-state index is 14.4. The molecule has 4 aromatic carbocycles. The molecule has 3 saturated carbocycles. The third kappa shape index (κ3) is 10.9. The van der Waals surface area contributed by atoms with Crippen LogP contribution in [0.4, 0.5) is 0 Å². The maximum atomic E-state index is 14.4. The molecular weight excluding hydrogens is 1060 g/mol. The highest BCUT2D eigenvalue weighted by molar-refractivity contribution is 5.91.